The van der Waals surface area contributed by atoms with Crippen LogP contribution in [0.2, 0.25) is 0 Å². The second-order valence-electron chi connectivity index (χ2n) is 10.2. The average Bonchev–Trinajstić information content (AvgIpc) is 3.15. The molecule has 0 spiro atoms. The molecule has 0 fully saturated rings. The number of carbonyl (C=O) groups excluding carboxylic acids is 1. The molecule has 7 nitrogen and oxygen atoms in total. The minimum absolute atomic E-state index is 0.207. The van der Waals surface area contributed by atoms with Gasteiger partial charge < -0.3 is 15.7 Å². The number of amides is 1. The van der Waals surface area contributed by atoms with Gasteiger partial charge in [-0.25, -0.2) is 4.98 Å². The second kappa shape index (κ2) is 9.85. The second-order valence-corrected chi connectivity index (χ2v) is 10.2. The minimum atomic E-state index is -0.981. The molecule has 2 aromatic heterocycles. The van der Waals surface area contributed by atoms with Crippen molar-refractivity contribution in [1.29, 1.82) is 0 Å². The number of carboxylic acids is 1. The molecule has 4 rings (SSSR count). The number of imidazole rings is 1. The molecule has 0 aliphatic rings. The van der Waals surface area contributed by atoms with Gasteiger partial charge in [0.2, 0.25) is 0 Å². The number of rotatable bonds is 7. The summed E-state index contributed by atoms with van der Waals surface area (Å²) in [5.41, 5.74) is 5.56. The molecule has 1 unspecified atom stereocenters. The van der Waals surface area contributed by atoms with Crippen molar-refractivity contribution in [2.45, 2.75) is 52.6 Å². The van der Waals surface area contributed by atoms with Crippen molar-refractivity contribution < 1.29 is 14.7 Å². The van der Waals surface area contributed by atoms with Crippen molar-refractivity contribution in [2.75, 3.05) is 5.32 Å². The van der Waals surface area contributed by atoms with Gasteiger partial charge in [-0.2, -0.15) is 0 Å². The predicted molar refractivity (Wildman–Crippen MR) is 142 cm³/mol. The summed E-state index contributed by atoms with van der Waals surface area (Å²) in [6.45, 7) is 10.3. The molecule has 0 radical (unpaired) electrons. The summed E-state index contributed by atoms with van der Waals surface area (Å²) in [6.07, 6.45) is 1.61. The van der Waals surface area contributed by atoms with Crippen LogP contribution in [0.4, 0.5) is 5.82 Å². The number of carboxylic acid groups (broad SMARTS) is 1. The highest BCUT2D eigenvalue weighted by atomic mass is 16.4. The van der Waals surface area contributed by atoms with Gasteiger partial charge in [-0.1, -0.05) is 54.1 Å². The van der Waals surface area contributed by atoms with Gasteiger partial charge in [0.05, 0.1) is 12.5 Å². The quantitative estimate of drug-likeness (QED) is 0.309. The van der Waals surface area contributed by atoms with Crippen molar-refractivity contribution in [1.82, 2.24) is 14.7 Å². The third kappa shape index (κ3) is 5.57. The van der Waals surface area contributed by atoms with E-state index in [1.807, 2.05) is 73.0 Å². The molecule has 186 valence electrons. The number of aromatic nitrogens is 2. The van der Waals surface area contributed by atoms with Crippen molar-refractivity contribution in [3.05, 3.63) is 89.1 Å². The van der Waals surface area contributed by atoms with E-state index in [1.54, 1.807) is 12.1 Å². The number of hydrogen-bond acceptors (Lipinski definition) is 4. The van der Waals surface area contributed by atoms with E-state index in [-0.39, 0.29) is 17.9 Å². The van der Waals surface area contributed by atoms with Crippen LogP contribution < -0.4 is 10.6 Å². The minimum Gasteiger partial charge on any atom is -0.481 e. The average molecular weight is 485 g/mol. The smallest absolute Gasteiger partial charge is 0.305 e. The molecular weight excluding hydrogens is 452 g/mol. The summed E-state index contributed by atoms with van der Waals surface area (Å²) >= 11 is 0. The zero-order valence-corrected chi connectivity index (χ0v) is 21.3. The number of hydrogen-bond donors (Lipinski definition) is 3. The Balaban J connectivity index is 1.72. The normalized spacial score (nSPS) is 12.4. The highest BCUT2D eigenvalue weighted by Crippen LogP contribution is 2.33. The molecule has 36 heavy (non-hydrogen) atoms. The summed E-state index contributed by atoms with van der Waals surface area (Å²) in [6, 6.07) is 18.4. The van der Waals surface area contributed by atoms with E-state index in [2.05, 4.69) is 31.4 Å². The molecule has 1 atom stereocenters. The Morgan fingerprint density at radius 3 is 2.36 bits per heavy atom. The van der Waals surface area contributed by atoms with Crippen molar-refractivity contribution in [2.24, 2.45) is 0 Å². The number of carbonyl (C=O) groups is 2. The molecule has 3 N–H and O–H groups in total. The first-order valence-electron chi connectivity index (χ1n) is 12.0. The van der Waals surface area contributed by atoms with Gasteiger partial charge >= 0.3 is 5.97 Å². The highest BCUT2D eigenvalue weighted by Gasteiger charge is 2.23. The van der Waals surface area contributed by atoms with Crippen LogP contribution >= 0.6 is 0 Å². The molecule has 1 amide bonds. The summed E-state index contributed by atoms with van der Waals surface area (Å²) in [5, 5.41) is 15.9. The molecule has 0 saturated heterocycles. The van der Waals surface area contributed by atoms with Crippen LogP contribution in [0.5, 0.6) is 0 Å². The highest BCUT2D eigenvalue weighted by molar-refractivity contribution is 5.96. The molecule has 2 heterocycles. The predicted octanol–water partition coefficient (Wildman–Crippen LogP) is 5.77. The fourth-order valence-corrected chi connectivity index (χ4v) is 4.15. The Hall–Kier alpha value is -4.13. The number of nitrogens with zero attached hydrogens (tertiary/aromatic N) is 2. The van der Waals surface area contributed by atoms with Gasteiger partial charge in [0, 0.05) is 22.9 Å². The maximum Gasteiger partial charge on any atom is 0.305 e. The SMILES string of the molecule is Cc1ccc(C(CC(=O)O)NC(=O)c2ccn3c(NC(C)(C)C)c(-c4ccccc4C)nc3c2)cc1. The first-order valence-corrected chi connectivity index (χ1v) is 12.0. The van der Waals surface area contributed by atoms with E-state index >= 15 is 0 Å². The fraction of sp³-hybridized carbons (Fsp3) is 0.276. The maximum atomic E-state index is 13.2. The summed E-state index contributed by atoms with van der Waals surface area (Å²) in [4.78, 5) is 29.6. The third-order valence-corrected chi connectivity index (χ3v) is 5.95. The van der Waals surface area contributed by atoms with E-state index in [0.29, 0.717) is 11.2 Å². The Morgan fingerprint density at radius 1 is 1.03 bits per heavy atom. The van der Waals surface area contributed by atoms with E-state index in [1.165, 1.54) is 0 Å². The first-order chi connectivity index (χ1) is 17.0. The van der Waals surface area contributed by atoms with Crippen molar-refractivity contribution in [3.63, 3.8) is 0 Å². The Morgan fingerprint density at radius 2 is 1.72 bits per heavy atom. The lowest BCUT2D eigenvalue weighted by Crippen LogP contribution is -2.30. The molecule has 0 aliphatic carbocycles. The lowest BCUT2D eigenvalue weighted by atomic mass is 10.0. The number of anilines is 1. The number of benzene rings is 2. The Bertz CT molecular complexity index is 1410. The molecule has 7 heteroatoms. The molecule has 0 saturated carbocycles. The number of pyridine rings is 1. The van der Waals surface area contributed by atoms with E-state index in [4.69, 9.17) is 4.98 Å². The molecule has 4 aromatic rings. The first kappa shape index (κ1) is 25.0. The van der Waals surface area contributed by atoms with Gasteiger partial charge in [-0.15, -0.1) is 0 Å². The van der Waals surface area contributed by atoms with Gasteiger partial charge in [-0.3, -0.25) is 14.0 Å². The van der Waals surface area contributed by atoms with Crippen molar-refractivity contribution in [3.8, 4) is 11.3 Å². The van der Waals surface area contributed by atoms with E-state index in [0.717, 1.165) is 33.8 Å². The maximum absolute atomic E-state index is 13.2. The number of fused-ring (bicyclic) bond motifs is 1. The summed E-state index contributed by atoms with van der Waals surface area (Å²) < 4.78 is 1.94. The fourth-order valence-electron chi connectivity index (χ4n) is 4.15. The molecule has 0 bridgehead atoms. The largest absolute Gasteiger partial charge is 0.481 e. The molecular formula is C29H32N4O3. The van der Waals surface area contributed by atoms with Gasteiger partial charge in [0.15, 0.2) is 0 Å². The third-order valence-electron chi connectivity index (χ3n) is 5.95. The molecule has 0 aliphatic heterocycles. The van der Waals surface area contributed by atoms with Gasteiger partial charge in [-0.05, 0) is 57.9 Å². The van der Waals surface area contributed by atoms with Gasteiger partial charge in [0.1, 0.15) is 17.2 Å². The van der Waals surface area contributed by atoms with Crippen LogP contribution in [0.25, 0.3) is 16.9 Å². The zero-order valence-electron chi connectivity index (χ0n) is 21.3. The van der Waals surface area contributed by atoms with Crippen LogP contribution in [-0.2, 0) is 4.79 Å². The number of nitrogens with one attached hydrogen (secondary N) is 2. The lowest BCUT2D eigenvalue weighted by Gasteiger charge is -2.23. The van der Waals surface area contributed by atoms with E-state index in [9.17, 15) is 14.7 Å². The Kier molecular flexibility index (Phi) is 6.84. The summed E-state index contributed by atoms with van der Waals surface area (Å²) in [5.74, 6) is -0.484. The van der Waals surface area contributed by atoms with Crippen molar-refractivity contribution >= 4 is 23.3 Å². The lowest BCUT2D eigenvalue weighted by molar-refractivity contribution is -0.137. The van der Waals surface area contributed by atoms with Crippen LogP contribution in [0, 0.1) is 13.8 Å². The van der Waals surface area contributed by atoms with Gasteiger partial charge in [0.25, 0.3) is 5.91 Å². The Labute approximate surface area is 211 Å². The molecule has 2 aromatic carbocycles. The summed E-state index contributed by atoms with van der Waals surface area (Å²) in [7, 11) is 0. The topological polar surface area (TPSA) is 95.7 Å². The number of aryl methyl sites for hydroxylation is 2. The van der Waals surface area contributed by atoms with E-state index < -0.39 is 12.0 Å². The standard InChI is InChI=1S/C29H32N4O3/c1-18-10-12-20(13-11-18)23(17-25(34)35)30-28(36)21-14-15-33-24(16-21)31-26(27(33)32-29(3,4)5)22-9-7-6-8-19(22)2/h6-16,23,32H,17H2,1-5H3,(H,30,36)(H,34,35). The number of aliphatic carboxylic acids is 1. The van der Waals surface area contributed by atoms with Crippen LogP contribution in [0.1, 0.15) is 60.3 Å². The monoisotopic (exact) mass is 484 g/mol. The van der Waals surface area contributed by atoms with Crippen LogP contribution in [-0.4, -0.2) is 31.9 Å². The van der Waals surface area contributed by atoms with Crippen LogP contribution in [0.3, 0.4) is 0 Å². The van der Waals surface area contributed by atoms with Crippen LogP contribution in [0.15, 0.2) is 66.9 Å². The zero-order chi connectivity index (χ0) is 26.0.